The van der Waals surface area contributed by atoms with Gasteiger partial charge in [0.15, 0.2) is 0 Å². The molecule has 1 aliphatic rings. The summed E-state index contributed by atoms with van der Waals surface area (Å²) in [5.74, 6) is -0.796. The van der Waals surface area contributed by atoms with Gasteiger partial charge in [-0.3, -0.25) is 24.1 Å². The number of carbonyl (C=O) groups excluding carboxylic acids is 4. The molecule has 1 fully saturated rings. The van der Waals surface area contributed by atoms with E-state index >= 15 is 0 Å². The van der Waals surface area contributed by atoms with Gasteiger partial charge in [-0.25, -0.2) is 0 Å². The van der Waals surface area contributed by atoms with Crippen LogP contribution in [0.25, 0.3) is 0 Å². The Hall–Kier alpha value is -1.45. The number of carbonyl (C=O) groups is 4. The van der Waals surface area contributed by atoms with Gasteiger partial charge in [0.05, 0.1) is 19.8 Å². The molecule has 0 bridgehead atoms. The average Bonchev–Trinajstić information content (AvgIpc) is 2.82. The van der Waals surface area contributed by atoms with Gasteiger partial charge in [0.25, 0.3) is 0 Å². The molecule has 0 saturated carbocycles. The van der Waals surface area contributed by atoms with Crippen LogP contribution in [0.15, 0.2) is 0 Å². The molecule has 0 aliphatic carbocycles. The fourth-order valence-corrected chi connectivity index (χ4v) is 2.50. The van der Waals surface area contributed by atoms with Crippen LogP contribution in [0.1, 0.15) is 26.7 Å². The summed E-state index contributed by atoms with van der Waals surface area (Å²) in [5, 5.41) is 2.31. The largest absolute Gasteiger partial charge is 0.377 e. The number of hydrogen-bond acceptors (Lipinski definition) is 6. The molecular formula is C16H26N2O6S. The number of amides is 3. The van der Waals surface area contributed by atoms with Crippen LogP contribution in [0.3, 0.4) is 0 Å². The zero-order valence-corrected chi connectivity index (χ0v) is 15.5. The van der Waals surface area contributed by atoms with Gasteiger partial charge in [0, 0.05) is 31.8 Å². The maximum atomic E-state index is 12.1. The topological polar surface area (TPSA) is 102 Å². The van der Waals surface area contributed by atoms with Gasteiger partial charge >= 0.3 is 0 Å². The number of nitrogens with one attached hydrogen (secondary N) is 1. The number of hydrogen-bond donors (Lipinski definition) is 2. The Morgan fingerprint density at radius 1 is 1.24 bits per heavy atom. The lowest BCUT2D eigenvalue weighted by Crippen LogP contribution is -2.36. The Morgan fingerprint density at radius 2 is 1.92 bits per heavy atom. The summed E-state index contributed by atoms with van der Waals surface area (Å²) in [5.41, 5.74) is 0. The lowest BCUT2D eigenvalue weighted by atomic mass is 9.94. The first-order chi connectivity index (χ1) is 11.8. The minimum Gasteiger partial charge on any atom is -0.377 e. The normalized spacial score (nSPS) is 17.4. The Bertz CT molecular complexity index is 497. The van der Waals surface area contributed by atoms with E-state index in [2.05, 4.69) is 17.9 Å². The van der Waals surface area contributed by atoms with Crippen LogP contribution >= 0.6 is 12.6 Å². The first-order valence-electron chi connectivity index (χ1n) is 8.31. The lowest BCUT2D eigenvalue weighted by molar-refractivity contribution is -0.140. The van der Waals surface area contributed by atoms with Crippen LogP contribution in [0.5, 0.6) is 0 Å². The van der Waals surface area contributed by atoms with Crippen molar-refractivity contribution in [3.63, 3.8) is 0 Å². The van der Waals surface area contributed by atoms with Crippen molar-refractivity contribution in [2.75, 3.05) is 39.5 Å². The molecule has 0 aromatic rings. The summed E-state index contributed by atoms with van der Waals surface area (Å²) in [7, 11) is 0. The quantitative estimate of drug-likeness (QED) is 0.284. The van der Waals surface area contributed by atoms with Crippen molar-refractivity contribution in [1.29, 1.82) is 0 Å². The van der Waals surface area contributed by atoms with Gasteiger partial charge in [-0.15, -0.1) is 12.6 Å². The molecule has 1 unspecified atom stereocenters. The van der Waals surface area contributed by atoms with E-state index in [-0.39, 0.29) is 67.3 Å². The summed E-state index contributed by atoms with van der Waals surface area (Å²) >= 11 is 3.56. The molecule has 3 amide bonds. The zero-order chi connectivity index (χ0) is 18.8. The molecule has 1 atom stereocenters. The highest BCUT2D eigenvalue weighted by Gasteiger charge is 2.39. The van der Waals surface area contributed by atoms with Crippen molar-refractivity contribution in [2.45, 2.75) is 26.7 Å². The fraction of sp³-hybridized carbons (Fsp3) is 0.750. The van der Waals surface area contributed by atoms with E-state index in [9.17, 15) is 19.2 Å². The first kappa shape index (κ1) is 21.6. The molecule has 1 N–H and O–H groups in total. The van der Waals surface area contributed by atoms with Crippen molar-refractivity contribution in [2.24, 2.45) is 11.8 Å². The number of ether oxygens (including phenoxy) is 2. The van der Waals surface area contributed by atoms with E-state index in [1.54, 1.807) is 0 Å². The molecule has 0 radical (unpaired) electrons. The lowest BCUT2D eigenvalue weighted by Gasteiger charge is -2.16. The first-order valence-corrected chi connectivity index (χ1v) is 8.75. The van der Waals surface area contributed by atoms with Crippen molar-refractivity contribution >= 4 is 35.5 Å². The van der Waals surface area contributed by atoms with Crippen LogP contribution in [-0.4, -0.2) is 67.3 Å². The number of rotatable bonds is 12. The Kier molecular flexibility index (Phi) is 9.69. The van der Waals surface area contributed by atoms with Crippen LogP contribution in [0, 0.1) is 11.8 Å². The van der Waals surface area contributed by atoms with Crippen LogP contribution < -0.4 is 5.32 Å². The third-order valence-corrected chi connectivity index (χ3v) is 3.94. The summed E-state index contributed by atoms with van der Waals surface area (Å²) in [6.45, 7) is 5.08. The van der Waals surface area contributed by atoms with Crippen molar-refractivity contribution in [1.82, 2.24) is 10.2 Å². The van der Waals surface area contributed by atoms with Gasteiger partial charge in [-0.1, -0.05) is 13.8 Å². The average molecular weight is 374 g/mol. The SMILES string of the molecule is CC(C)C1CC(=O)N(CCC(=O)NCCOCCOCC(=O)S)C1=O. The van der Waals surface area contributed by atoms with Crippen molar-refractivity contribution in [3.05, 3.63) is 0 Å². The maximum absolute atomic E-state index is 12.1. The monoisotopic (exact) mass is 374 g/mol. The zero-order valence-electron chi connectivity index (χ0n) is 14.7. The predicted molar refractivity (Wildman–Crippen MR) is 92.9 cm³/mol. The molecule has 1 rings (SSSR count). The van der Waals surface area contributed by atoms with Gasteiger partial charge in [-0.2, -0.15) is 0 Å². The highest BCUT2D eigenvalue weighted by atomic mass is 32.1. The summed E-state index contributed by atoms with van der Waals surface area (Å²) in [6, 6.07) is 0. The third kappa shape index (κ3) is 7.98. The second-order valence-electron chi connectivity index (χ2n) is 6.10. The molecule has 0 aromatic carbocycles. The minimum absolute atomic E-state index is 0.0607. The van der Waals surface area contributed by atoms with E-state index in [0.717, 1.165) is 0 Å². The van der Waals surface area contributed by atoms with Crippen molar-refractivity contribution < 1.29 is 28.7 Å². The molecule has 1 saturated heterocycles. The summed E-state index contributed by atoms with van der Waals surface area (Å²) in [4.78, 5) is 47.4. The van der Waals surface area contributed by atoms with Crippen molar-refractivity contribution in [3.8, 4) is 0 Å². The van der Waals surface area contributed by atoms with Crippen LogP contribution in [0.2, 0.25) is 0 Å². The van der Waals surface area contributed by atoms with Crippen LogP contribution in [-0.2, 0) is 28.7 Å². The van der Waals surface area contributed by atoms with Gasteiger partial charge in [0.2, 0.25) is 22.8 Å². The van der Waals surface area contributed by atoms with Gasteiger partial charge < -0.3 is 14.8 Å². The summed E-state index contributed by atoms with van der Waals surface area (Å²) in [6.07, 6.45) is 0.308. The number of nitrogens with zero attached hydrogens (tertiary/aromatic N) is 1. The van der Waals surface area contributed by atoms with Gasteiger partial charge in [-0.05, 0) is 5.92 Å². The standard InChI is InChI=1S/C16H26N2O6S/c1-11(2)12-9-14(20)18(16(12)22)5-3-13(19)17-4-6-23-7-8-24-10-15(21)25/h11-12H,3-10H2,1-2H3,(H,17,19)(H,21,25). The van der Waals surface area contributed by atoms with E-state index in [1.807, 2.05) is 13.8 Å². The molecule has 142 valence electrons. The molecule has 8 nitrogen and oxygen atoms in total. The second-order valence-corrected chi connectivity index (χ2v) is 6.60. The van der Waals surface area contributed by atoms with E-state index in [4.69, 9.17) is 9.47 Å². The molecule has 0 aromatic heterocycles. The molecule has 9 heteroatoms. The number of thiol groups is 1. The minimum atomic E-state index is -0.345. The molecule has 1 heterocycles. The second kappa shape index (κ2) is 11.2. The highest BCUT2D eigenvalue weighted by molar-refractivity contribution is 7.96. The molecule has 25 heavy (non-hydrogen) atoms. The fourth-order valence-electron chi connectivity index (χ4n) is 2.41. The molecule has 0 spiro atoms. The van der Waals surface area contributed by atoms with Gasteiger partial charge in [0.1, 0.15) is 6.61 Å². The Balaban J connectivity index is 2.10. The Morgan fingerprint density at radius 3 is 2.52 bits per heavy atom. The van der Waals surface area contributed by atoms with E-state index in [0.29, 0.717) is 19.8 Å². The smallest absolute Gasteiger partial charge is 0.233 e. The maximum Gasteiger partial charge on any atom is 0.233 e. The third-order valence-electron chi connectivity index (χ3n) is 3.81. The molecular weight excluding hydrogens is 348 g/mol. The number of likely N-dealkylation sites (tertiary alicyclic amines) is 1. The predicted octanol–water partition coefficient (Wildman–Crippen LogP) is 0.0134. The number of imide groups is 1. The van der Waals surface area contributed by atoms with Crippen LogP contribution in [0.4, 0.5) is 0 Å². The van der Waals surface area contributed by atoms with E-state index < -0.39 is 0 Å². The van der Waals surface area contributed by atoms with E-state index in [1.165, 1.54) is 4.90 Å². The molecule has 1 aliphatic heterocycles. The Labute approximate surface area is 153 Å². The highest BCUT2D eigenvalue weighted by Crippen LogP contribution is 2.26. The summed E-state index contributed by atoms with van der Waals surface area (Å²) < 4.78 is 10.2.